The maximum Gasteiger partial charge on any atom is 0.287 e. The van der Waals surface area contributed by atoms with Crippen LogP contribution in [0.1, 0.15) is 11.3 Å². The molecule has 3 aromatic rings. The van der Waals surface area contributed by atoms with E-state index in [2.05, 4.69) is 37.0 Å². The van der Waals surface area contributed by atoms with Gasteiger partial charge in [0.1, 0.15) is 23.7 Å². The van der Waals surface area contributed by atoms with Gasteiger partial charge in [-0.05, 0) is 17.7 Å². The summed E-state index contributed by atoms with van der Waals surface area (Å²) in [5.41, 5.74) is 2.85. The zero-order chi connectivity index (χ0) is 23.0. The van der Waals surface area contributed by atoms with Crippen LogP contribution < -0.4 is 16.0 Å². The molecule has 3 heterocycles. The van der Waals surface area contributed by atoms with E-state index in [4.69, 9.17) is 0 Å². The summed E-state index contributed by atoms with van der Waals surface area (Å²) < 4.78 is 0. The SMILES string of the molecule is N#CC(=C1NC(c2ccccc2)=CS1)c1ccnc(NCCNc2ccc([N+](=O)[O-])cn2)n1. The summed E-state index contributed by atoms with van der Waals surface area (Å²) in [4.78, 5) is 22.9. The highest BCUT2D eigenvalue weighted by molar-refractivity contribution is 8.06. The van der Waals surface area contributed by atoms with Gasteiger partial charge in [0.2, 0.25) is 5.95 Å². The number of nitriles is 1. The number of rotatable bonds is 8. The van der Waals surface area contributed by atoms with E-state index in [-0.39, 0.29) is 5.69 Å². The number of hydrogen-bond acceptors (Lipinski definition) is 10. The van der Waals surface area contributed by atoms with E-state index in [0.29, 0.717) is 41.2 Å². The molecule has 164 valence electrons. The normalized spacial score (nSPS) is 14.0. The highest BCUT2D eigenvalue weighted by atomic mass is 32.2. The number of thioether (sulfide) groups is 1. The van der Waals surface area contributed by atoms with Crippen LogP contribution in [0.25, 0.3) is 11.3 Å². The average Bonchev–Trinajstić information content (AvgIpc) is 3.33. The molecular weight excluding hydrogens is 440 g/mol. The molecule has 0 atom stereocenters. The summed E-state index contributed by atoms with van der Waals surface area (Å²) in [7, 11) is 0. The highest BCUT2D eigenvalue weighted by Crippen LogP contribution is 2.34. The number of anilines is 2. The largest absolute Gasteiger partial charge is 0.368 e. The molecule has 11 heteroatoms. The molecule has 0 unspecified atom stereocenters. The third-order valence-electron chi connectivity index (χ3n) is 4.55. The minimum absolute atomic E-state index is 0.0627. The van der Waals surface area contributed by atoms with Gasteiger partial charge < -0.3 is 16.0 Å². The summed E-state index contributed by atoms with van der Waals surface area (Å²) in [5.74, 6) is 0.915. The third-order valence-corrected chi connectivity index (χ3v) is 5.45. The molecule has 3 N–H and O–H groups in total. The van der Waals surface area contributed by atoms with E-state index < -0.39 is 4.92 Å². The van der Waals surface area contributed by atoms with E-state index in [0.717, 1.165) is 11.3 Å². The Hall–Kier alpha value is -4.43. The van der Waals surface area contributed by atoms with Crippen molar-refractivity contribution in [1.29, 1.82) is 5.26 Å². The third kappa shape index (κ3) is 5.44. The van der Waals surface area contributed by atoms with Gasteiger partial charge in [-0.2, -0.15) is 5.26 Å². The molecule has 0 bridgehead atoms. The Balaban J connectivity index is 1.36. The lowest BCUT2D eigenvalue weighted by atomic mass is 10.1. The molecule has 0 spiro atoms. The number of nitrogens with zero attached hydrogens (tertiary/aromatic N) is 5. The Kier molecular flexibility index (Phi) is 6.77. The summed E-state index contributed by atoms with van der Waals surface area (Å²) in [6, 6.07) is 16.7. The van der Waals surface area contributed by atoms with Gasteiger partial charge in [0.15, 0.2) is 0 Å². The lowest BCUT2D eigenvalue weighted by molar-refractivity contribution is -0.385. The summed E-state index contributed by atoms with van der Waals surface area (Å²) in [6.07, 6.45) is 2.80. The van der Waals surface area contributed by atoms with Gasteiger partial charge in [-0.1, -0.05) is 42.1 Å². The molecule has 1 aliphatic rings. The van der Waals surface area contributed by atoms with Crippen LogP contribution in [0.2, 0.25) is 0 Å². The first kappa shape index (κ1) is 21.8. The van der Waals surface area contributed by atoms with E-state index in [1.807, 2.05) is 35.7 Å². The van der Waals surface area contributed by atoms with Crippen LogP contribution in [0.15, 0.2) is 71.4 Å². The fourth-order valence-electron chi connectivity index (χ4n) is 2.95. The molecule has 2 aromatic heterocycles. The predicted octanol–water partition coefficient (Wildman–Crippen LogP) is 3.83. The van der Waals surface area contributed by atoms with E-state index in [1.165, 1.54) is 24.0 Å². The molecule has 0 saturated heterocycles. The molecule has 33 heavy (non-hydrogen) atoms. The van der Waals surface area contributed by atoms with Gasteiger partial charge in [-0.3, -0.25) is 10.1 Å². The van der Waals surface area contributed by atoms with Gasteiger partial charge in [-0.25, -0.2) is 15.0 Å². The van der Waals surface area contributed by atoms with Crippen LogP contribution in [0.3, 0.4) is 0 Å². The second-order valence-electron chi connectivity index (χ2n) is 6.73. The average molecular weight is 459 g/mol. The van der Waals surface area contributed by atoms with Gasteiger partial charge in [-0.15, -0.1) is 0 Å². The van der Waals surface area contributed by atoms with Gasteiger partial charge in [0, 0.05) is 30.8 Å². The Morgan fingerprint density at radius 1 is 1.12 bits per heavy atom. The van der Waals surface area contributed by atoms with Crippen molar-refractivity contribution in [3.05, 3.63) is 92.7 Å². The first-order valence-electron chi connectivity index (χ1n) is 9.89. The van der Waals surface area contributed by atoms with Crippen molar-refractivity contribution in [2.75, 3.05) is 23.7 Å². The van der Waals surface area contributed by atoms with Gasteiger partial charge >= 0.3 is 0 Å². The molecular formula is C22H18N8O2S. The van der Waals surface area contributed by atoms with Crippen molar-refractivity contribution in [3.63, 3.8) is 0 Å². The molecule has 0 aliphatic carbocycles. The number of pyridine rings is 1. The van der Waals surface area contributed by atoms with Crippen molar-refractivity contribution in [1.82, 2.24) is 20.3 Å². The number of hydrogen-bond donors (Lipinski definition) is 3. The molecule has 0 fully saturated rings. The summed E-state index contributed by atoms with van der Waals surface area (Å²) >= 11 is 1.44. The molecule has 1 aliphatic heterocycles. The Labute approximate surface area is 193 Å². The minimum atomic E-state index is -0.494. The van der Waals surface area contributed by atoms with E-state index >= 15 is 0 Å². The molecule has 1 aromatic carbocycles. The molecule has 4 rings (SSSR count). The zero-order valence-electron chi connectivity index (χ0n) is 17.2. The number of aromatic nitrogens is 3. The van der Waals surface area contributed by atoms with Crippen LogP contribution in [-0.4, -0.2) is 33.0 Å². The minimum Gasteiger partial charge on any atom is -0.368 e. The number of benzene rings is 1. The first-order chi connectivity index (χ1) is 16.1. The van der Waals surface area contributed by atoms with Crippen LogP contribution in [-0.2, 0) is 0 Å². The highest BCUT2D eigenvalue weighted by Gasteiger charge is 2.18. The molecule has 0 radical (unpaired) electrons. The second-order valence-corrected chi connectivity index (χ2v) is 7.61. The van der Waals surface area contributed by atoms with Gasteiger partial charge in [0.05, 0.1) is 21.3 Å². The Morgan fingerprint density at radius 2 is 1.94 bits per heavy atom. The Morgan fingerprint density at radius 3 is 2.67 bits per heavy atom. The maximum absolute atomic E-state index is 10.7. The zero-order valence-corrected chi connectivity index (χ0v) is 18.0. The van der Waals surface area contributed by atoms with E-state index in [1.54, 1.807) is 18.3 Å². The fourth-order valence-corrected chi connectivity index (χ4v) is 3.82. The van der Waals surface area contributed by atoms with Crippen molar-refractivity contribution < 1.29 is 4.92 Å². The monoisotopic (exact) mass is 458 g/mol. The second kappa shape index (κ2) is 10.3. The van der Waals surface area contributed by atoms with Crippen LogP contribution in [0, 0.1) is 21.4 Å². The van der Waals surface area contributed by atoms with Crippen LogP contribution in [0.5, 0.6) is 0 Å². The summed E-state index contributed by atoms with van der Waals surface area (Å²) in [5, 5.41) is 32.6. The molecule has 10 nitrogen and oxygen atoms in total. The molecule has 0 saturated carbocycles. The molecule has 0 amide bonds. The number of nitrogens with one attached hydrogen (secondary N) is 3. The maximum atomic E-state index is 10.7. The van der Waals surface area contributed by atoms with Crippen molar-refractivity contribution >= 4 is 40.5 Å². The first-order valence-corrected chi connectivity index (χ1v) is 10.8. The quantitative estimate of drug-likeness (QED) is 0.197. The lowest BCUT2D eigenvalue weighted by Crippen LogP contribution is -2.16. The van der Waals surface area contributed by atoms with Gasteiger partial charge in [0.25, 0.3) is 5.69 Å². The lowest BCUT2D eigenvalue weighted by Gasteiger charge is -2.09. The summed E-state index contributed by atoms with van der Waals surface area (Å²) in [6.45, 7) is 0.972. The van der Waals surface area contributed by atoms with E-state index in [9.17, 15) is 15.4 Å². The smallest absolute Gasteiger partial charge is 0.287 e. The Bertz CT molecular complexity index is 1250. The predicted molar refractivity (Wildman–Crippen MR) is 128 cm³/mol. The standard InChI is InChI=1S/C22H18N8O2S/c23-12-17(21-28-19(14-33-21)15-4-2-1-3-5-15)18-8-9-25-22(29-18)26-11-10-24-20-7-6-16(13-27-20)30(31)32/h1-9,13-14,28H,10-11H2,(H,24,27)(H,25,26,29). The van der Waals surface area contributed by atoms with Crippen molar-refractivity contribution in [3.8, 4) is 6.07 Å². The topological polar surface area (TPSA) is 142 Å². The fraction of sp³-hybridized carbons (Fsp3) is 0.0909. The van der Waals surface area contributed by atoms with Crippen molar-refractivity contribution in [2.45, 2.75) is 0 Å². The number of nitro groups is 1. The van der Waals surface area contributed by atoms with Crippen LogP contribution >= 0.6 is 11.8 Å². The van der Waals surface area contributed by atoms with Crippen LogP contribution in [0.4, 0.5) is 17.5 Å². The van der Waals surface area contributed by atoms with Crippen molar-refractivity contribution in [2.24, 2.45) is 0 Å². The number of allylic oxidation sites excluding steroid dienone is 1.